The Morgan fingerprint density at radius 2 is 1.85 bits per heavy atom. The quantitative estimate of drug-likeness (QED) is 0.266. The molecule has 0 radical (unpaired) electrons. The molecule has 1 amide bonds. The Morgan fingerprint density at radius 3 is 2.44 bits per heavy atom. The third kappa shape index (κ3) is 7.85. The van der Waals surface area contributed by atoms with Crippen LogP contribution in [-0.4, -0.2) is 34.9 Å². The number of amides is 1. The maximum absolute atomic E-state index is 13.4. The van der Waals surface area contributed by atoms with Gasteiger partial charge in [-0.3, -0.25) is 4.79 Å². The van der Waals surface area contributed by atoms with E-state index in [1.165, 1.54) is 32.2 Å². The van der Waals surface area contributed by atoms with E-state index in [4.69, 9.17) is 10.1 Å². The number of allylic oxidation sites excluding steroid dienone is 3. The molecule has 2 aromatic carbocycles. The van der Waals surface area contributed by atoms with Crippen LogP contribution in [-0.2, 0) is 4.79 Å². The van der Waals surface area contributed by atoms with E-state index in [1.807, 2.05) is 44.2 Å². The third-order valence-corrected chi connectivity index (χ3v) is 5.14. The molecule has 0 aliphatic carbocycles. The molecule has 4 N–H and O–H groups in total. The van der Waals surface area contributed by atoms with Crippen molar-refractivity contribution in [2.75, 3.05) is 5.32 Å². The molecule has 0 aliphatic heterocycles. The van der Waals surface area contributed by atoms with Crippen molar-refractivity contribution in [3.8, 4) is 5.75 Å². The Labute approximate surface area is 201 Å². The highest BCUT2D eigenvalue weighted by Gasteiger charge is 2.29. The molecule has 0 bridgehead atoms. The van der Waals surface area contributed by atoms with Gasteiger partial charge in [0.1, 0.15) is 23.3 Å². The standard InChI is InChI=1S/C27H34FN3O3/c1-6-22(28)13-12-18(2)30-24-15-14-23(16-21(24)17-29)34-25(20-10-8-7-9-11-20)19(3)31-26(32)27(4,5)33/h6-19,25,29-30,33H,1-5H3,(H,31,32)/b13-12-,22-6+,29-17?/t18?,19?,25-/m0/s1. The van der Waals surface area contributed by atoms with Gasteiger partial charge in [-0.05, 0) is 64.5 Å². The third-order valence-electron chi connectivity index (χ3n) is 5.14. The minimum absolute atomic E-state index is 0.162. The van der Waals surface area contributed by atoms with Crippen molar-refractivity contribution >= 4 is 17.8 Å². The Hall–Kier alpha value is -3.45. The van der Waals surface area contributed by atoms with Crippen LogP contribution in [0.2, 0.25) is 0 Å². The Kier molecular flexibility index (Phi) is 9.57. The Bertz CT molecular complexity index is 1030. The van der Waals surface area contributed by atoms with Gasteiger partial charge in [-0.25, -0.2) is 4.39 Å². The summed E-state index contributed by atoms with van der Waals surface area (Å²) in [6, 6.07) is 14.2. The van der Waals surface area contributed by atoms with Gasteiger partial charge in [0, 0.05) is 23.5 Å². The smallest absolute Gasteiger partial charge is 0.251 e. The lowest BCUT2D eigenvalue weighted by molar-refractivity contribution is -0.137. The number of rotatable bonds is 11. The molecule has 0 saturated carbocycles. The number of halogens is 1. The van der Waals surface area contributed by atoms with E-state index >= 15 is 0 Å². The second-order valence-electron chi connectivity index (χ2n) is 8.63. The van der Waals surface area contributed by atoms with Crippen LogP contribution in [0.15, 0.2) is 72.6 Å². The first-order chi connectivity index (χ1) is 16.0. The average molecular weight is 468 g/mol. The fraction of sp³-hybridized carbons (Fsp3) is 0.333. The lowest BCUT2D eigenvalue weighted by atomic mass is 10.0. The van der Waals surface area contributed by atoms with Crippen molar-refractivity contribution in [3.05, 3.63) is 83.7 Å². The highest BCUT2D eigenvalue weighted by molar-refractivity contribution is 5.86. The maximum Gasteiger partial charge on any atom is 0.251 e. The highest BCUT2D eigenvalue weighted by atomic mass is 19.1. The lowest BCUT2D eigenvalue weighted by Gasteiger charge is -2.29. The molecule has 2 unspecified atom stereocenters. The number of benzene rings is 2. The summed E-state index contributed by atoms with van der Waals surface area (Å²) in [6.07, 6.45) is 5.16. The zero-order valence-electron chi connectivity index (χ0n) is 20.3. The zero-order chi connectivity index (χ0) is 25.3. The number of anilines is 1. The highest BCUT2D eigenvalue weighted by Crippen LogP contribution is 2.28. The summed E-state index contributed by atoms with van der Waals surface area (Å²) in [5, 5.41) is 23.9. The molecule has 3 atom stereocenters. The summed E-state index contributed by atoms with van der Waals surface area (Å²) in [7, 11) is 0. The van der Waals surface area contributed by atoms with E-state index in [9.17, 15) is 14.3 Å². The van der Waals surface area contributed by atoms with Crippen LogP contribution in [0, 0.1) is 5.41 Å². The Morgan fingerprint density at radius 1 is 1.18 bits per heavy atom. The molecular weight excluding hydrogens is 433 g/mol. The molecule has 2 aromatic rings. The first-order valence-electron chi connectivity index (χ1n) is 11.2. The van der Waals surface area contributed by atoms with Crippen molar-refractivity contribution in [2.45, 2.75) is 58.4 Å². The van der Waals surface area contributed by atoms with Gasteiger partial charge in [-0.15, -0.1) is 0 Å². The van der Waals surface area contributed by atoms with Crippen LogP contribution in [0.3, 0.4) is 0 Å². The second kappa shape index (κ2) is 12.1. The van der Waals surface area contributed by atoms with Gasteiger partial charge in [-0.1, -0.05) is 42.5 Å². The van der Waals surface area contributed by atoms with E-state index in [-0.39, 0.29) is 11.9 Å². The van der Waals surface area contributed by atoms with Crippen molar-refractivity contribution < 1.29 is 19.0 Å². The van der Waals surface area contributed by atoms with Crippen molar-refractivity contribution in [2.24, 2.45) is 0 Å². The molecular formula is C27H34FN3O3. The van der Waals surface area contributed by atoms with Crippen LogP contribution >= 0.6 is 0 Å². The summed E-state index contributed by atoms with van der Waals surface area (Å²) >= 11 is 0. The van der Waals surface area contributed by atoms with Gasteiger partial charge < -0.3 is 25.9 Å². The molecule has 0 aromatic heterocycles. The van der Waals surface area contributed by atoms with E-state index in [0.29, 0.717) is 17.0 Å². The summed E-state index contributed by atoms with van der Waals surface area (Å²) in [5.74, 6) is -0.298. The second-order valence-corrected chi connectivity index (χ2v) is 8.63. The van der Waals surface area contributed by atoms with Crippen molar-refractivity contribution in [1.82, 2.24) is 5.32 Å². The number of aliphatic hydroxyl groups is 1. The number of ether oxygens (including phenoxy) is 1. The van der Waals surface area contributed by atoms with E-state index in [0.717, 1.165) is 5.56 Å². The first-order valence-corrected chi connectivity index (χ1v) is 11.2. The lowest BCUT2D eigenvalue weighted by Crippen LogP contribution is -2.48. The molecule has 6 nitrogen and oxygen atoms in total. The number of carbonyl (C=O) groups excluding carboxylic acids is 1. The van der Waals surface area contributed by atoms with Crippen LogP contribution in [0.5, 0.6) is 5.75 Å². The van der Waals surface area contributed by atoms with Crippen LogP contribution in [0.25, 0.3) is 0 Å². The number of nitrogens with one attached hydrogen (secondary N) is 3. The molecule has 7 heteroatoms. The number of hydrogen-bond donors (Lipinski definition) is 4. The zero-order valence-corrected chi connectivity index (χ0v) is 20.3. The van der Waals surface area contributed by atoms with Crippen LogP contribution < -0.4 is 15.4 Å². The fourth-order valence-corrected chi connectivity index (χ4v) is 3.20. The summed E-state index contributed by atoms with van der Waals surface area (Å²) in [6.45, 7) is 8.18. The summed E-state index contributed by atoms with van der Waals surface area (Å²) < 4.78 is 19.6. The SMILES string of the molecule is C/C=C(F)\C=C/C(C)Nc1ccc(O[C@H](c2ccccc2)C(C)NC(=O)C(C)(C)O)cc1C=N. The molecule has 34 heavy (non-hydrogen) atoms. The van der Waals surface area contributed by atoms with Crippen LogP contribution in [0.1, 0.15) is 51.8 Å². The molecule has 0 aliphatic rings. The van der Waals surface area contributed by atoms with Gasteiger partial charge in [-0.2, -0.15) is 0 Å². The molecule has 0 fully saturated rings. The van der Waals surface area contributed by atoms with Gasteiger partial charge in [0.25, 0.3) is 5.91 Å². The number of hydrogen-bond acceptors (Lipinski definition) is 5. The first kappa shape index (κ1) is 26.8. The Balaban J connectivity index is 2.26. The molecule has 2 rings (SSSR count). The largest absolute Gasteiger partial charge is 0.484 e. The molecule has 0 heterocycles. The van der Waals surface area contributed by atoms with Gasteiger partial charge in [0.15, 0.2) is 0 Å². The normalized spacial score (nSPS) is 14.9. The topological polar surface area (TPSA) is 94.4 Å². The molecule has 0 saturated heterocycles. The van der Waals surface area contributed by atoms with E-state index < -0.39 is 23.7 Å². The van der Waals surface area contributed by atoms with Gasteiger partial charge in [0.2, 0.25) is 0 Å². The van der Waals surface area contributed by atoms with Crippen molar-refractivity contribution in [1.29, 1.82) is 5.41 Å². The molecule has 182 valence electrons. The number of carbonyl (C=O) groups is 1. The summed E-state index contributed by atoms with van der Waals surface area (Å²) in [4.78, 5) is 12.3. The minimum Gasteiger partial charge on any atom is -0.484 e. The average Bonchev–Trinajstić information content (AvgIpc) is 2.81. The van der Waals surface area contributed by atoms with E-state index in [1.54, 1.807) is 31.2 Å². The predicted molar refractivity (Wildman–Crippen MR) is 135 cm³/mol. The minimum atomic E-state index is -1.52. The fourth-order valence-electron chi connectivity index (χ4n) is 3.20. The van der Waals surface area contributed by atoms with Crippen LogP contribution in [0.4, 0.5) is 10.1 Å². The van der Waals surface area contributed by atoms with Gasteiger partial charge >= 0.3 is 0 Å². The predicted octanol–water partition coefficient (Wildman–Crippen LogP) is 5.31. The van der Waals surface area contributed by atoms with Crippen molar-refractivity contribution in [3.63, 3.8) is 0 Å². The van der Waals surface area contributed by atoms with Gasteiger partial charge in [0.05, 0.1) is 6.04 Å². The monoisotopic (exact) mass is 467 g/mol. The van der Waals surface area contributed by atoms with E-state index in [2.05, 4.69) is 10.6 Å². The maximum atomic E-state index is 13.4. The molecule has 0 spiro atoms. The summed E-state index contributed by atoms with van der Waals surface area (Å²) in [5.41, 5.74) is 0.649.